The first kappa shape index (κ1) is 15.1. The van der Waals surface area contributed by atoms with E-state index < -0.39 is 35.8 Å². The molecule has 1 amide bonds. The van der Waals surface area contributed by atoms with E-state index in [-0.39, 0.29) is 5.69 Å². The summed E-state index contributed by atoms with van der Waals surface area (Å²) < 4.78 is 39.6. The fraction of sp³-hybridized carbons (Fsp3) is 0.385. The summed E-state index contributed by atoms with van der Waals surface area (Å²) >= 11 is 0. The Kier molecular flexibility index (Phi) is 4.06. The van der Waals surface area contributed by atoms with Gasteiger partial charge in [0, 0.05) is 5.69 Å². The Bertz CT molecular complexity index is 541. The lowest BCUT2D eigenvalue weighted by atomic mass is 9.73. The lowest BCUT2D eigenvalue weighted by molar-refractivity contribution is -0.274. The van der Waals surface area contributed by atoms with Crippen LogP contribution in [0.1, 0.15) is 12.8 Å². The number of rotatable bonds is 4. The van der Waals surface area contributed by atoms with Crippen molar-refractivity contribution in [2.75, 3.05) is 5.32 Å². The van der Waals surface area contributed by atoms with E-state index in [0.717, 1.165) is 12.1 Å². The molecule has 5 nitrogen and oxygen atoms in total. The number of nitrogens with one attached hydrogen (secondary N) is 1. The lowest BCUT2D eigenvalue weighted by Crippen LogP contribution is -2.41. The van der Waals surface area contributed by atoms with Gasteiger partial charge in [0.25, 0.3) is 0 Å². The summed E-state index contributed by atoms with van der Waals surface area (Å²) in [6.07, 6.45) is -3.84. The average Bonchev–Trinajstić information content (AvgIpc) is 2.27. The van der Waals surface area contributed by atoms with E-state index in [9.17, 15) is 22.8 Å². The number of anilines is 1. The van der Waals surface area contributed by atoms with Crippen LogP contribution in [0.25, 0.3) is 0 Å². The molecule has 0 bridgehead atoms. The molecular formula is C13H12F3NO4. The SMILES string of the molecule is O=C(O)C1CCC1C(=O)Nc1ccc(OC(F)(F)F)cc1. The second-order valence-corrected chi connectivity index (χ2v) is 4.69. The number of carbonyl (C=O) groups is 2. The van der Waals surface area contributed by atoms with Gasteiger partial charge in [0.15, 0.2) is 0 Å². The summed E-state index contributed by atoms with van der Waals surface area (Å²) in [5.74, 6) is -3.16. The van der Waals surface area contributed by atoms with Crippen LogP contribution in [0.3, 0.4) is 0 Å². The normalized spacial score (nSPS) is 21.3. The van der Waals surface area contributed by atoms with Crippen molar-refractivity contribution in [2.24, 2.45) is 11.8 Å². The number of carbonyl (C=O) groups excluding carboxylic acids is 1. The predicted octanol–water partition coefficient (Wildman–Crippen LogP) is 2.63. The first-order valence-electron chi connectivity index (χ1n) is 6.16. The highest BCUT2D eigenvalue weighted by Gasteiger charge is 2.41. The van der Waals surface area contributed by atoms with Gasteiger partial charge in [-0.2, -0.15) is 0 Å². The van der Waals surface area contributed by atoms with Crippen LogP contribution >= 0.6 is 0 Å². The molecule has 1 saturated carbocycles. The maximum atomic E-state index is 12.0. The number of benzene rings is 1. The Balaban J connectivity index is 1.94. The van der Waals surface area contributed by atoms with Crippen molar-refractivity contribution in [1.82, 2.24) is 0 Å². The maximum absolute atomic E-state index is 12.0. The van der Waals surface area contributed by atoms with Gasteiger partial charge >= 0.3 is 12.3 Å². The summed E-state index contributed by atoms with van der Waals surface area (Å²) in [6.45, 7) is 0. The first-order valence-corrected chi connectivity index (χ1v) is 6.16. The van der Waals surface area contributed by atoms with Gasteiger partial charge in [-0.1, -0.05) is 0 Å². The van der Waals surface area contributed by atoms with Crippen molar-refractivity contribution >= 4 is 17.6 Å². The van der Waals surface area contributed by atoms with Crippen LogP contribution < -0.4 is 10.1 Å². The molecular weight excluding hydrogens is 291 g/mol. The van der Waals surface area contributed by atoms with E-state index >= 15 is 0 Å². The van der Waals surface area contributed by atoms with Crippen molar-refractivity contribution < 1.29 is 32.6 Å². The molecule has 1 aliphatic carbocycles. The maximum Gasteiger partial charge on any atom is 0.573 e. The zero-order valence-electron chi connectivity index (χ0n) is 10.7. The zero-order valence-corrected chi connectivity index (χ0v) is 10.7. The first-order chi connectivity index (χ1) is 9.76. The summed E-state index contributed by atoms with van der Waals surface area (Å²) in [6, 6.07) is 4.65. The van der Waals surface area contributed by atoms with Gasteiger partial charge < -0.3 is 15.2 Å². The zero-order chi connectivity index (χ0) is 15.6. The van der Waals surface area contributed by atoms with E-state index in [1.807, 2.05) is 0 Å². The van der Waals surface area contributed by atoms with Crippen molar-refractivity contribution in [1.29, 1.82) is 0 Å². The largest absolute Gasteiger partial charge is 0.573 e. The van der Waals surface area contributed by atoms with Gasteiger partial charge in [0.2, 0.25) is 5.91 Å². The Morgan fingerprint density at radius 1 is 1.14 bits per heavy atom. The van der Waals surface area contributed by atoms with Gasteiger partial charge in [0.05, 0.1) is 11.8 Å². The molecule has 0 aromatic heterocycles. The molecule has 0 spiro atoms. The minimum Gasteiger partial charge on any atom is -0.481 e. The molecule has 21 heavy (non-hydrogen) atoms. The third-order valence-electron chi connectivity index (χ3n) is 3.28. The Labute approximate surface area is 117 Å². The number of amides is 1. The number of aliphatic carboxylic acids is 1. The molecule has 1 aromatic carbocycles. The number of hydrogen-bond donors (Lipinski definition) is 2. The average molecular weight is 303 g/mol. The van der Waals surface area contributed by atoms with Crippen LogP contribution in [0.15, 0.2) is 24.3 Å². The van der Waals surface area contributed by atoms with E-state index in [4.69, 9.17) is 5.11 Å². The van der Waals surface area contributed by atoms with Gasteiger partial charge in [-0.15, -0.1) is 13.2 Å². The van der Waals surface area contributed by atoms with E-state index in [2.05, 4.69) is 10.1 Å². The van der Waals surface area contributed by atoms with E-state index in [0.29, 0.717) is 12.8 Å². The standard InChI is InChI=1S/C13H12F3NO4/c14-13(15,16)21-8-3-1-7(2-4-8)17-11(18)9-5-6-10(9)12(19)20/h1-4,9-10H,5-6H2,(H,17,18)(H,19,20). The van der Waals surface area contributed by atoms with Crippen LogP contribution in [0.5, 0.6) is 5.75 Å². The van der Waals surface area contributed by atoms with Crippen LogP contribution in [-0.4, -0.2) is 23.3 Å². The Hall–Kier alpha value is -2.25. The Morgan fingerprint density at radius 3 is 2.14 bits per heavy atom. The predicted molar refractivity (Wildman–Crippen MR) is 65.6 cm³/mol. The number of carboxylic acids is 1. The minimum absolute atomic E-state index is 0.283. The van der Waals surface area contributed by atoms with Gasteiger partial charge in [-0.05, 0) is 37.1 Å². The number of ether oxygens (including phenoxy) is 1. The van der Waals surface area contributed by atoms with Gasteiger partial charge in [-0.3, -0.25) is 9.59 Å². The Morgan fingerprint density at radius 2 is 1.71 bits per heavy atom. The van der Waals surface area contributed by atoms with Crippen LogP contribution in [0.4, 0.5) is 18.9 Å². The second kappa shape index (κ2) is 5.63. The number of halogens is 3. The highest BCUT2D eigenvalue weighted by Crippen LogP contribution is 2.35. The van der Waals surface area contributed by atoms with Crippen molar-refractivity contribution in [2.45, 2.75) is 19.2 Å². The fourth-order valence-corrected chi connectivity index (χ4v) is 2.08. The number of carboxylic acid groups (broad SMARTS) is 1. The minimum atomic E-state index is -4.77. The number of hydrogen-bond acceptors (Lipinski definition) is 3. The molecule has 114 valence electrons. The number of alkyl halides is 3. The highest BCUT2D eigenvalue weighted by atomic mass is 19.4. The molecule has 0 aliphatic heterocycles. The second-order valence-electron chi connectivity index (χ2n) is 4.69. The molecule has 2 atom stereocenters. The summed E-state index contributed by atoms with van der Waals surface area (Å²) in [4.78, 5) is 22.7. The molecule has 8 heteroatoms. The summed E-state index contributed by atoms with van der Waals surface area (Å²) in [7, 11) is 0. The van der Waals surface area contributed by atoms with Crippen LogP contribution in [0, 0.1) is 11.8 Å². The molecule has 2 rings (SSSR count). The molecule has 2 unspecified atom stereocenters. The molecule has 2 N–H and O–H groups in total. The van der Waals surface area contributed by atoms with Crippen molar-refractivity contribution in [3.8, 4) is 5.75 Å². The summed E-state index contributed by atoms with van der Waals surface area (Å²) in [5.41, 5.74) is 0.283. The topological polar surface area (TPSA) is 75.6 Å². The quantitative estimate of drug-likeness (QED) is 0.896. The molecule has 1 aliphatic rings. The summed E-state index contributed by atoms with van der Waals surface area (Å²) in [5, 5.41) is 11.3. The van der Waals surface area contributed by atoms with E-state index in [1.165, 1.54) is 12.1 Å². The smallest absolute Gasteiger partial charge is 0.481 e. The van der Waals surface area contributed by atoms with E-state index in [1.54, 1.807) is 0 Å². The third-order valence-corrected chi connectivity index (χ3v) is 3.28. The van der Waals surface area contributed by atoms with Crippen molar-refractivity contribution in [3.63, 3.8) is 0 Å². The molecule has 1 fully saturated rings. The van der Waals surface area contributed by atoms with Gasteiger partial charge in [-0.25, -0.2) is 0 Å². The fourth-order valence-electron chi connectivity index (χ4n) is 2.08. The third kappa shape index (κ3) is 3.87. The molecule has 0 heterocycles. The van der Waals surface area contributed by atoms with Crippen molar-refractivity contribution in [3.05, 3.63) is 24.3 Å². The van der Waals surface area contributed by atoms with Crippen LogP contribution in [-0.2, 0) is 9.59 Å². The van der Waals surface area contributed by atoms with Gasteiger partial charge in [0.1, 0.15) is 5.75 Å². The monoisotopic (exact) mass is 303 g/mol. The molecule has 0 radical (unpaired) electrons. The highest BCUT2D eigenvalue weighted by molar-refractivity contribution is 5.96. The molecule has 0 saturated heterocycles. The molecule has 1 aromatic rings. The van der Waals surface area contributed by atoms with Crippen LogP contribution in [0.2, 0.25) is 0 Å². The lowest BCUT2D eigenvalue weighted by Gasteiger charge is -2.31.